The van der Waals surface area contributed by atoms with Gasteiger partial charge in [0, 0.05) is 24.8 Å². The largest absolute Gasteiger partial charge is 0.352 e. The lowest BCUT2D eigenvalue weighted by atomic mass is 10.2. The summed E-state index contributed by atoms with van der Waals surface area (Å²) in [6.45, 7) is 2.77. The van der Waals surface area contributed by atoms with Crippen molar-refractivity contribution in [3.63, 3.8) is 0 Å². The zero-order valence-electron chi connectivity index (χ0n) is 10.2. The van der Waals surface area contributed by atoms with E-state index in [1.807, 2.05) is 11.8 Å². The number of thioether (sulfide) groups is 1. The third-order valence-corrected chi connectivity index (χ3v) is 3.98. The molecule has 1 saturated carbocycles. The Morgan fingerprint density at radius 3 is 2.81 bits per heavy atom. The second-order valence-corrected chi connectivity index (χ2v) is 5.69. The molecular weight excluding hydrogens is 220 g/mol. The first-order chi connectivity index (χ1) is 7.77. The van der Waals surface area contributed by atoms with Crippen LogP contribution in [0.3, 0.4) is 0 Å². The molecule has 0 aromatic carbocycles. The molecule has 3 N–H and O–H groups in total. The third kappa shape index (κ3) is 5.75. The molecular formula is C12H24N2OS. The van der Waals surface area contributed by atoms with Gasteiger partial charge in [-0.3, -0.25) is 4.79 Å². The molecule has 0 aromatic rings. The van der Waals surface area contributed by atoms with Crippen molar-refractivity contribution in [2.45, 2.75) is 45.1 Å². The molecule has 0 saturated heterocycles. The van der Waals surface area contributed by atoms with Crippen molar-refractivity contribution in [1.82, 2.24) is 5.32 Å². The van der Waals surface area contributed by atoms with E-state index >= 15 is 0 Å². The average molecular weight is 244 g/mol. The van der Waals surface area contributed by atoms with Gasteiger partial charge in [-0.25, -0.2) is 0 Å². The van der Waals surface area contributed by atoms with E-state index in [-0.39, 0.29) is 11.9 Å². The van der Waals surface area contributed by atoms with Crippen LogP contribution in [0.25, 0.3) is 0 Å². The van der Waals surface area contributed by atoms with Crippen LogP contribution >= 0.6 is 11.8 Å². The Balaban J connectivity index is 2.01. The van der Waals surface area contributed by atoms with Gasteiger partial charge in [-0.15, -0.1) is 0 Å². The maximum atomic E-state index is 11.6. The molecule has 1 amide bonds. The van der Waals surface area contributed by atoms with Crippen molar-refractivity contribution in [3.05, 3.63) is 0 Å². The van der Waals surface area contributed by atoms with Gasteiger partial charge >= 0.3 is 0 Å². The zero-order chi connectivity index (χ0) is 11.8. The standard InChI is InChI=1S/C12H24N2OS/c1-2-3-7-16-8-6-12(15)14-11(9-13)10-4-5-10/h10-11H,2-9,13H2,1H3,(H,14,15). The predicted octanol–water partition coefficient (Wildman–Crippen LogP) is 1.76. The lowest BCUT2D eigenvalue weighted by Gasteiger charge is -2.15. The molecule has 94 valence electrons. The number of hydrogen-bond acceptors (Lipinski definition) is 3. The van der Waals surface area contributed by atoms with E-state index in [0.717, 1.165) is 5.75 Å². The highest BCUT2D eigenvalue weighted by atomic mass is 32.2. The molecule has 0 aliphatic heterocycles. The maximum absolute atomic E-state index is 11.6. The number of unbranched alkanes of at least 4 members (excludes halogenated alkanes) is 1. The van der Waals surface area contributed by atoms with Crippen LogP contribution in [0.2, 0.25) is 0 Å². The minimum Gasteiger partial charge on any atom is -0.352 e. The monoisotopic (exact) mass is 244 g/mol. The van der Waals surface area contributed by atoms with Crippen molar-refractivity contribution in [2.24, 2.45) is 11.7 Å². The maximum Gasteiger partial charge on any atom is 0.221 e. The Morgan fingerprint density at radius 2 is 2.25 bits per heavy atom. The molecule has 0 spiro atoms. The number of carbonyl (C=O) groups is 1. The van der Waals surface area contributed by atoms with Gasteiger partial charge < -0.3 is 11.1 Å². The van der Waals surface area contributed by atoms with E-state index in [1.54, 1.807) is 0 Å². The lowest BCUT2D eigenvalue weighted by Crippen LogP contribution is -2.41. The summed E-state index contributed by atoms with van der Waals surface area (Å²) in [6.07, 6.45) is 5.58. The van der Waals surface area contributed by atoms with Crippen LogP contribution < -0.4 is 11.1 Å². The molecule has 0 radical (unpaired) electrons. The molecule has 0 bridgehead atoms. The van der Waals surface area contributed by atoms with Crippen LogP contribution in [-0.2, 0) is 4.79 Å². The van der Waals surface area contributed by atoms with Crippen molar-refractivity contribution in [1.29, 1.82) is 0 Å². The number of carbonyl (C=O) groups excluding carboxylic acids is 1. The molecule has 1 atom stereocenters. The Labute approximate surface area is 103 Å². The van der Waals surface area contributed by atoms with Crippen molar-refractivity contribution >= 4 is 17.7 Å². The Hall–Kier alpha value is -0.220. The van der Waals surface area contributed by atoms with Gasteiger partial charge in [-0.05, 0) is 30.9 Å². The molecule has 16 heavy (non-hydrogen) atoms. The number of nitrogens with one attached hydrogen (secondary N) is 1. The summed E-state index contributed by atoms with van der Waals surface area (Å²) in [5, 5.41) is 3.04. The summed E-state index contributed by atoms with van der Waals surface area (Å²) >= 11 is 1.87. The third-order valence-electron chi connectivity index (χ3n) is 2.91. The fourth-order valence-corrected chi connectivity index (χ4v) is 2.69. The van der Waals surface area contributed by atoms with Crippen LogP contribution in [0.15, 0.2) is 0 Å². The van der Waals surface area contributed by atoms with Gasteiger partial charge in [-0.1, -0.05) is 13.3 Å². The normalized spacial score (nSPS) is 17.1. The highest BCUT2D eigenvalue weighted by Crippen LogP contribution is 2.32. The molecule has 3 nitrogen and oxygen atoms in total. The molecule has 1 unspecified atom stereocenters. The molecule has 1 rings (SSSR count). The number of hydrogen-bond donors (Lipinski definition) is 2. The van der Waals surface area contributed by atoms with Crippen LogP contribution in [-0.4, -0.2) is 30.0 Å². The average Bonchev–Trinajstić information content (AvgIpc) is 3.09. The SMILES string of the molecule is CCCCSCCC(=O)NC(CN)C1CC1. The number of amides is 1. The Bertz CT molecular complexity index is 207. The minimum atomic E-state index is 0.173. The van der Waals surface area contributed by atoms with E-state index in [9.17, 15) is 4.79 Å². The van der Waals surface area contributed by atoms with Crippen molar-refractivity contribution < 1.29 is 4.79 Å². The van der Waals surface area contributed by atoms with Crippen molar-refractivity contribution in [3.8, 4) is 0 Å². The minimum absolute atomic E-state index is 0.173. The fourth-order valence-electron chi connectivity index (χ4n) is 1.66. The van der Waals surface area contributed by atoms with Gasteiger partial charge in [0.05, 0.1) is 0 Å². The molecule has 1 aliphatic rings. The first-order valence-corrected chi connectivity index (χ1v) is 7.50. The van der Waals surface area contributed by atoms with Crippen LogP contribution in [0.4, 0.5) is 0 Å². The molecule has 0 aromatic heterocycles. The Kier molecular flexibility index (Phi) is 6.88. The first-order valence-electron chi connectivity index (χ1n) is 6.35. The highest BCUT2D eigenvalue weighted by Gasteiger charge is 2.30. The molecule has 0 heterocycles. The number of rotatable bonds is 9. The van der Waals surface area contributed by atoms with Crippen molar-refractivity contribution in [2.75, 3.05) is 18.1 Å². The topological polar surface area (TPSA) is 55.1 Å². The summed E-state index contributed by atoms with van der Waals surface area (Å²) in [6, 6.07) is 0.230. The highest BCUT2D eigenvalue weighted by molar-refractivity contribution is 7.99. The second-order valence-electron chi connectivity index (χ2n) is 4.46. The van der Waals surface area contributed by atoms with Gasteiger partial charge in [0.2, 0.25) is 5.91 Å². The lowest BCUT2D eigenvalue weighted by molar-refractivity contribution is -0.121. The molecule has 1 aliphatic carbocycles. The van der Waals surface area contributed by atoms with Crippen LogP contribution in [0.5, 0.6) is 0 Å². The van der Waals surface area contributed by atoms with Gasteiger partial charge in [0.15, 0.2) is 0 Å². The van der Waals surface area contributed by atoms with Gasteiger partial charge in [-0.2, -0.15) is 11.8 Å². The predicted molar refractivity (Wildman–Crippen MR) is 70.6 cm³/mol. The van der Waals surface area contributed by atoms with Crippen LogP contribution in [0.1, 0.15) is 39.0 Å². The van der Waals surface area contributed by atoms with E-state index in [4.69, 9.17) is 5.73 Å². The summed E-state index contributed by atoms with van der Waals surface area (Å²) in [5.74, 6) is 2.94. The zero-order valence-corrected chi connectivity index (χ0v) is 11.0. The molecule has 4 heteroatoms. The van der Waals surface area contributed by atoms with Gasteiger partial charge in [0.25, 0.3) is 0 Å². The smallest absolute Gasteiger partial charge is 0.221 e. The Morgan fingerprint density at radius 1 is 1.50 bits per heavy atom. The summed E-state index contributed by atoms with van der Waals surface area (Å²) in [4.78, 5) is 11.6. The summed E-state index contributed by atoms with van der Waals surface area (Å²) < 4.78 is 0. The molecule has 1 fully saturated rings. The number of nitrogens with two attached hydrogens (primary N) is 1. The fraction of sp³-hybridized carbons (Fsp3) is 0.917. The first kappa shape index (κ1) is 13.8. The summed E-state index contributed by atoms with van der Waals surface area (Å²) in [5.41, 5.74) is 5.64. The van der Waals surface area contributed by atoms with E-state index in [1.165, 1.54) is 31.4 Å². The second kappa shape index (κ2) is 7.96. The van der Waals surface area contributed by atoms with E-state index in [2.05, 4.69) is 12.2 Å². The van der Waals surface area contributed by atoms with E-state index in [0.29, 0.717) is 18.9 Å². The van der Waals surface area contributed by atoms with E-state index < -0.39 is 0 Å². The van der Waals surface area contributed by atoms with Gasteiger partial charge in [0.1, 0.15) is 0 Å². The summed E-state index contributed by atoms with van der Waals surface area (Å²) in [7, 11) is 0. The van der Waals surface area contributed by atoms with Crippen LogP contribution in [0, 0.1) is 5.92 Å². The quantitative estimate of drug-likeness (QED) is 0.608.